The molecule has 1 atom stereocenters. The van der Waals surface area contributed by atoms with E-state index in [4.69, 9.17) is 0 Å². The number of sulfonamides is 1. The Morgan fingerprint density at radius 3 is 2.13 bits per heavy atom. The first-order valence-corrected chi connectivity index (χ1v) is 11.7. The molecule has 30 heavy (non-hydrogen) atoms. The molecule has 0 aliphatic heterocycles. The van der Waals surface area contributed by atoms with Crippen molar-refractivity contribution in [1.82, 2.24) is 4.31 Å². The highest BCUT2D eigenvalue weighted by atomic mass is 32.2. The number of nitrogens with one attached hydrogen (secondary N) is 1. The van der Waals surface area contributed by atoms with Crippen LogP contribution in [0.5, 0.6) is 0 Å². The first kappa shape index (κ1) is 24.1. The molecule has 1 amide bonds. The largest absolute Gasteiger partial charge is 0.332 e. The summed E-state index contributed by atoms with van der Waals surface area (Å²) in [6.45, 7) is 8.88. The third-order valence-electron chi connectivity index (χ3n) is 5.16. The van der Waals surface area contributed by atoms with Crippen molar-refractivity contribution in [3.05, 3.63) is 59.7 Å². The van der Waals surface area contributed by atoms with Crippen LogP contribution in [0.1, 0.15) is 50.8 Å². The molecule has 0 unspecified atom stereocenters. The highest BCUT2D eigenvalue weighted by molar-refractivity contribution is 7.89. The Balaban J connectivity index is 2.05. The summed E-state index contributed by atoms with van der Waals surface area (Å²) in [5.41, 5.74) is 2.96. The topological polar surface area (TPSA) is 83.1 Å². The van der Waals surface area contributed by atoms with Gasteiger partial charge in [-0.15, -0.1) is 0 Å². The number of quaternary nitrogens is 1. The summed E-state index contributed by atoms with van der Waals surface area (Å²) in [5.74, 6) is 0.675. The number of anilines is 1. The molecule has 0 aliphatic rings. The Morgan fingerprint density at radius 2 is 1.60 bits per heavy atom. The molecule has 164 valence electrons. The molecule has 0 bridgehead atoms. The van der Waals surface area contributed by atoms with Gasteiger partial charge in [0.15, 0.2) is 6.54 Å². The lowest BCUT2D eigenvalue weighted by atomic mass is 9.93. The van der Waals surface area contributed by atoms with Gasteiger partial charge in [0.25, 0.3) is 5.91 Å². The highest BCUT2D eigenvalue weighted by Gasteiger charge is 2.21. The standard InChI is InChI=1S/C23H33N3O3S/c1-16(2)18-10-12-19(13-11-18)23(17(3)4)24-15-22(27)25-20-8-7-9-21(14-20)30(28,29)26(5)6/h7-14,16-17,23-24H,15H2,1-6H3,(H,25,27)/p+1/t23-/m1/s1. The van der Waals surface area contributed by atoms with Gasteiger partial charge in [-0.2, -0.15) is 0 Å². The van der Waals surface area contributed by atoms with E-state index in [9.17, 15) is 13.2 Å². The first-order valence-electron chi connectivity index (χ1n) is 10.3. The summed E-state index contributed by atoms with van der Waals surface area (Å²) >= 11 is 0. The fourth-order valence-electron chi connectivity index (χ4n) is 3.29. The van der Waals surface area contributed by atoms with E-state index < -0.39 is 10.0 Å². The summed E-state index contributed by atoms with van der Waals surface area (Å²) in [6.07, 6.45) is 0. The van der Waals surface area contributed by atoms with Gasteiger partial charge in [-0.25, -0.2) is 12.7 Å². The number of hydrogen-bond acceptors (Lipinski definition) is 3. The molecule has 3 N–H and O–H groups in total. The maximum Gasteiger partial charge on any atom is 0.279 e. The molecule has 2 aromatic rings. The normalized spacial score (nSPS) is 13.1. The fraction of sp³-hybridized carbons (Fsp3) is 0.435. The van der Waals surface area contributed by atoms with Crippen molar-refractivity contribution in [2.75, 3.05) is 26.0 Å². The van der Waals surface area contributed by atoms with Crippen LogP contribution in [0.15, 0.2) is 53.4 Å². The number of carbonyl (C=O) groups excluding carboxylic acids is 1. The second-order valence-corrected chi connectivity index (χ2v) is 10.5. The van der Waals surface area contributed by atoms with Gasteiger partial charge in [-0.05, 0) is 29.7 Å². The van der Waals surface area contributed by atoms with Crippen LogP contribution in [0, 0.1) is 5.92 Å². The third-order valence-corrected chi connectivity index (χ3v) is 6.97. The Hall–Kier alpha value is -2.22. The Bertz CT molecular complexity index is 952. The summed E-state index contributed by atoms with van der Waals surface area (Å²) < 4.78 is 25.7. The highest BCUT2D eigenvalue weighted by Crippen LogP contribution is 2.21. The Morgan fingerprint density at radius 1 is 1.00 bits per heavy atom. The van der Waals surface area contributed by atoms with E-state index in [1.165, 1.54) is 37.4 Å². The summed E-state index contributed by atoms with van der Waals surface area (Å²) in [7, 11) is -0.581. The monoisotopic (exact) mass is 432 g/mol. The maximum absolute atomic E-state index is 12.5. The van der Waals surface area contributed by atoms with Gasteiger partial charge in [0.2, 0.25) is 10.0 Å². The quantitative estimate of drug-likeness (QED) is 0.639. The van der Waals surface area contributed by atoms with Crippen LogP contribution in [0.2, 0.25) is 0 Å². The van der Waals surface area contributed by atoms with Gasteiger partial charge < -0.3 is 10.6 Å². The molecule has 7 heteroatoms. The van der Waals surface area contributed by atoms with Crippen molar-refractivity contribution in [2.45, 2.75) is 44.6 Å². The number of nitrogens with two attached hydrogens (primary N) is 1. The van der Waals surface area contributed by atoms with E-state index in [0.717, 1.165) is 4.31 Å². The number of hydrogen-bond donors (Lipinski definition) is 2. The minimum Gasteiger partial charge on any atom is -0.332 e. The lowest BCUT2D eigenvalue weighted by molar-refractivity contribution is -0.692. The maximum atomic E-state index is 12.5. The number of rotatable bonds is 9. The van der Waals surface area contributed by atoms with Crippen LogP contribution in [-0.2, 0) is 14.8 Å². The molecule has 0 aromatic heterocycles. The van der Waals surface area contributed by atoms with Gasteiger partial charge in [0.1, 0.15) is 6.04 Å². The minimum absolute atomic E-state index is 0.152. The number of amides is 1. The van der Waals surface area contributed by atoms with E-state index in [-0.39, 0.29) is 23.4 Å². The fourth-order valence-corrected chi connectivity index (χ4v) is 4.24. The molecule has 6 nitrogen and oxygen atoms in total. The van der Waals surface area contributed by atoms with Crippen LogP contribution in [0.4, 0.5) is 5.69 Å². The zero-order valence-electron chi connectivity index (χ0n) is 18.7. The minimum atomic E-state index is -3.54. The lowest BCUT2D eigenvalue weighted by Gasteiger charge is -2.20. The van der Waals surface area contributed by atoms with E-state index >= 15 is 0 Å². The van der Waals surface area contributed by atoms with E-state index in [2.05, 4.69) is 57.3 Å². The molecular weight excluding hydrogens is 398 g/mol. The van der Waals surface area contributed by atoms with E-state index in [1.54, 1.807) is 12.1 Å². The van der Waals surface area contributed by atoms with Crippen molar-refractivity contribution in [3.63, 3.8) is 0 Å². The van der Waals surface area contributed by atoms with Gasteiger partial charge in [-0.3, -0.25) is 4.79 Å². The molecule has 0 radical (unpaired) electrons. The Kier molecular flexibility index (Phi) is 8.18. The number of nitrogens with zero attached hydrogens (tertiary/aromatic N) is 1. The molecule has 0 aliphatic carbocycles. The predicted octanol–water partition coefficient (Wildman–Crippen LogP) is 2.96. The van der Waals surface area contributed by atoms with Crippen molar-refractivity contribution < 1.29 is 18.5 Å². The molecule has 0 spiro atoms. The van der Waals surface area contributed by atoms with Gasteiger partial charge >= 0.3 is 0 Å². The molecule has 2 rings (SSSR count). The zero-order chi connectivity index (χ0) is 22.5. The molecule has 2 aromatic carbocycles. The molecule has 0 heterocycles. The second kappa shape index (κ2) is 10.2. The van der Waals surface area contributed by atoms with Crippen LogP contribution in [0.3, 0.4) is 0 Å². The molecule has 0 fully saturated rings. The van der Waals surface area contributed by atoms with E-state index in [1.807, 2.05) is 5.32 Å². The predicted molar refractivity (Wildman–Crippen MR) is 121 cm³/mol. The summed E-state index contributed by atoms with van der Waals surface area (Å²) in [4.78, 5) is 12.7. The van der Waals surface area contributed by atoms with Gasteiger partial charge in [-0.1, -0.05) is 58.0 Å². The van der Waals surface area contributed by atoms with Crippen LogP contribution >= 0.6 is 0 Å². The zero-order valence-corrected chi connectivity index (χ0v) is 19.5. The average molecular weight is 433 g/mol. The molecule has 0 saturated carbocycles. The summed E-state index contributed by atoms with van der Waals surface area (Å²) in [5, 5.41) is 4.84. The number of benzene rings is 2. The summed E-state index contributed by atoms with van der Waals surface area (Å²) in [6, 6.07) is 15.1. The molecular formula is C23H34N3O3S+. The smallest absolute Gasteiger partial charge is 0.279 e. The average Bonchev–Trinajstić information content (AvgIpc) is 2.68. The van der Waals surface area contributed by atoms with Crippen molar-refractivity contribution in [1.29, 1.82) is 0 Å². The van der Waals surface area contributed by atoms with Gasteiger partial charge in [0.05, 0.1) is 4.90 Å². The third kappa shape index (κ3) is 6.14. The number of carbonyl (C=O) groups is 1. The first-order chi connectivity index (χ1) is 14.0. The van der Waals surface area contributed by atoms with E-state index in [0.29, 0.717) is 17.5 Å². The SMILES string of the molecule is CC(C)c1ccc([C@H]([NH2+]CC(=O)Nc2cccc(S(=O)(=O)N(C)C)c2)C(C)C)cc1. The second-order valence-electron chi connectivity index (χ2n) is 8.39. The lowest BCUT2D eigenvalue weighted by Crippen LogP contribution is -2.88. The van der Waals surface area contributed by atoms with Crippen molar-refractivity contribution >= 4 is 21.6 Å². The van der Waals surface area contributed by atoms with Crippen LogP contribution < -0.4 is 10.6 Å². The van der Waals surface area contributed by atoms with Crippen LogP contribution in [0.25, 0.3) is 0 Å². The van der Waals surface area contributed by atoms with Crippen LogP contribution in [-0.4, -0.2) is 39.3 Å². The van der Waals surface area contributed by atoms with Gasteiger partial charge in [0, 0.05) is 31.3 Å². The Labute approximate surface area is 180 Å². The molecule has 0 saturated heterocycles. The van der Waals surface area contributed by atoms with Crippen molar-refractivity contribution in [2.24, 2.45) is 5.92 Å². The van der Waals surface area contributed by atoms with Crippen molar-refractivity contribution in [3.8, 4) is 0 Å².